The van der Waals surface area contributed by atoms with Gasteiger partial charge in [-0.25, -0.2) is 9.97 Å². The number of aromatic nitrogens is 5. The van der Waals surface area contributed by atoms with Gasteiger partial charge in [-0.1, -0.05) is 36.4 Å². The number of nitrogens with one attached hydrogen (secondary N) is 1. The lowest BCUT2D eigenvalue weighted by Gasteiger charge is -2.05. The van der Waals surface area contributed by atoms with Crippen molar-refractivity contribution in [1.82, 2.24) is 24.7 Å². The van der Waals surface area contributed by atoms with Crippen LogP contribution in [0.25, 0.3) is 33.2 Å². The second-order valence-corrected chi connectivity index (χ2v) is 8.07. The van der Waals surface area contributed by atoms with E-state index in [2.05, 4.69) is 45.4 Å². The summed E-state index contributed by atoms with van der Waals surface area (Å²) in [5.41, 5.74) is 13.0. The number of hydrogen-bond donors (Lipinski definition) is 2. The lowest BCUT2D eigenvalue weighted by atomic mass is 10.1. The number of aromatic amines is 1. The van der Waals surface area contributed by atoms with Gasteiger partial charge in [0.15, 0.2) is 0 Å². The van der Waals surface area contributed by atoms with Gasteiger partial charge in [0.1, 0.15) is 22.7 Å². The number of aryl methyl sites for hydroxylation is 3. The first-order valence-corrected chi connectivity index (χ1v) is 10.8. The van der Waals surface area contributed by atoms with Gasteiger partial charge in [0, 0.05) is 31.0 Å². The number of benzene rings is 2. The zero-order chi connectivity index (χ0) is 22.1. The normalized spacial score (nSPS) is 11.6. The molecular weight excluding hydrogens is 400 g/mol. The van der Waals surface area contributed by atoms with E-state index in [1.807, 2.05) is 42.9 Å². The third-order valence-corrected chi connectivity index (χ3v) is 5.61. The van der Waals surface area contributed by atoms with Crippen LogP contribution in [0.5, 0.6) is 0 Å². The van der Waals surface area contributed by atoms with E-state index in [-0.39, 0.29) is 0 Å². The molecule has 2 aromatic carbocycles. The topological polar surface area (TPSA) is 94.6 Å². The summed E-state index contributed by atoms with van der Waals surface area (Å²) in [6.07, 6.45) is 1.67. The molecule has 0 aliphatic heterocycles. The molecule has 0 saturated carbocycles. The van der Waals surface area contributed by atoms with Gasteiger partial charge in [0.2, 0.25) is 0 Å². The molecule has 0 bridgehead atoms. The molecule has 0 radical (unpaired) electrons. The summed E-state index contributed by atoms with van der Waals surface area (Å²) in [7, 11) is 1.95. The molecule has 0 amide bonds. The van der Waals surface area contributed by atoms with Gasteiger partial charge in [-0.05, 0) is 37.1 Å². The maximum absolute atomic E-state index is 6.27. The molecule has 0 aliphatic carbocycles. The molecule has 3 aromatic heterocycles. The van der Waals surface area contributed by atoms with Crippen molar-refractivity contribution < 1.29 is 4.74 Å². The smallest absolute Gasteiger partial charge is 0.150 e. The minimum absolute atomic E-state index is 0.463. The molecule has 0 unspecified atom stereocenters. The minimum Gasteiger partial charge on any atom is -0.382 e. The standard InChI is InChI=1S/C25H26N6O/c1-16-13-21(31(2)30-16)18-10-11-19-20(14-18)27-25(26)24-23(19)28-22(29-24)9-6-12-32-15-17-7-4-3-5-8-17/h3-5,7-8,10-11,13-14H,6,9,12,15H2,1-2H3,(H2,26,27)(H,28,29). The van der Waals surface area contributed by atoms with Crippen molar-refractivity contribution in [2.45, 2.75) is 26.4 Å². The molecule has 0 spiro atoms. The van der Waals surface area contributed by atoms with Crippen molar-refractivity contribution in [3.05, 3.63) is 71.7 Å². The third-order valence-electron chi connectivity index (χ3n) is 5.61. The maximum Gasteiger partial charge on any atom is 0.150 e. The van der Waals surface area contributed by atoms with Crippen molar-refractivity contribution in [2.75, 3.05) is 12.3 Å². The molecule has 5 aromatic rings. The van der Waals surface area contributed by atoms with Crippen LogP contribution in [0.4, 0.5) is 5.82 Å². The number of rotatable bonds is 7. The van der Waals surface area contributed by atoms with Crippen LogP contribution in [0, 0.1) is 6.92 Å². The molecule has 7 nitrogen and oxygen atoms in total. The number of imidazole rings is 1. The number of fused-ring (bicyclic) bond motifs is 3. The highest BCUT2D eigenvalue weighted by Crippen LogP contribution is 2.30. The average molecular weight is 427 g/mol. The van der Waals surface area contributed by atoms with Gasteiger partial charge < -0.3 is 15.5 Å². The molecule has 0 fully saturated rings. The van der Waals surface area contributed by atoms with Crippen LogP contribution in [0.2, 0.25) is 0 Å². The van der Waals surface area contributed by atoms with E-state index in [4.69, 9.17) is 15.5 Å². The van der Waals surface area contributed by atoms with E-state index >= 15 is 0 Å². The van der Waals surface area contributed by atoms with Gasteiger partial charge >= 0.3 is 0 Å². The average Bonchev–Trinajstić information content (AvgIpc) is 3.37. The monoisotopic (exact) mass is 426 g/mol. The fraction of sp³-hybridized carbons (Fsp3) is 0.240. The number of anilines is 1. The fourth-order valence-corrected chi connectivity index (χ4v) is 4.08. The Hall–Kier alpha value is -3.71. The predicted molar refractivity (Wildman–Crippen MR) is 127 cm³/mol. The quantitative estimate of drug-likeness (QED) is 0.372. The number of nitrogens with zero attached hydrogens (tertiary/aromatic N) is 4. The largest absolute Gasteiger partial charge is 0.382 e. The Bertz CT molecular complexity index is 1390. The van der Waals surface area contributed by atoms with E-state index in [1.165, 1.54) is 5.56 Å². The van der Waals surface area contributed by atoms with E-state index < -0.39 is 0 Å². The summed E-state index contributed by atoms with van der Waals surface area (Å²) < 4.78 is 7.67. The number of H-pyrrole nitrogens is 1. The van der Waals surface area contributed by atoms with E-state index in [0.717, 1.165) is 57.6 Å². The Kier molecular flexibility index (Phi) is 5.33. The van der Waals surface area contributed by atoms with Crippen LogP contribution in [0.3, 0.4) is 0 Å². The molecule has 0 atom stereocenters. The number of pyridine rings is 1. The lowest BCUT2D eigenvalue weighted by molar-refractivity contribution is 0.118. The Morgan fingerprint density at radius 1 is 1.06 bits per heavy atom. The van der Waals surface area contributed by atoms with E-state index in [1.54, 1.807) is 0 Å². The highest BCUT2D eigenvalue weighted by Gasteiger charge is 2.14. The summed E-state index contributed by atoms with van der Waals surface area (Å²) in [6.45, 7) is 3.29. The van der Waals surface area contributed by atoms with Crippen molar-refractivity contribution in [3.63, 3.8) is 0 Å². The lowest BCUT2D eigenvalue weighted by Crippen LogP contribution is -1.98. The second kappa shape index (κ2) is 8.43. The zero-order valence-corrected chi connectivity index (χ0v) is 18.3. The molecule has 5 rings (SSSR count). The van der Waals surface area contributed by atoms with Crippen molar-refractivity contribution in [2.24, 2.45) is 7.05 Å². The van der Waals surface area contributed by atoms with Crippen LogP contribution in [0.1, 0.15) is 23.5 Å². The fourth-order valence-electron chi connectivity index (χ4n) is 4.08. The van der Waals surface area contributed by atoms with Gasteiger partial charge in [0.05, 0.1) is 23.5 Å². The molecule has 0 aliphatic rings. The van der Waals surface area contributed by atoms with Crippen LogP contribution in [-0.4, -0.2) is 31.3 Å². The van der Waals surface area contributed by atoms with Crippen LogP contribution < -0.4 is 5.73 Å². The van der Waals surface area contributed by atoms with Crippen LogP contribution in [-0.2, 0) is 24.8 Å². The third kappa shape index (κ3) is 3.94. The summed E-state index contributed by atoms with van der Waals surface area (Å²) in [5, 5.41) is 5.43. The molecule has 32 heavy (non-hydrogen) atoms. The van der Waals surface area contributed by atoms with Gasteiger partial charge in [-0.2, -0.15) is 5.10 Å². The molecule has 0 saturated heterocycles. The van der Waals surface area contributed by atoms with Gasteiger partial charge in [0.25, 0.3) is 0 Å². The molecule has 162 valence electrons. The molecule has 7 heteroatoms. The second-order valence-electron chi connectivity index (χ2n) is 8.07. The predicted octanol–water partition coefficient (Wildman–Crippen LogP) is 4.55. The van der Waals surface area contributed by atoms with Crippen LogP contribution in [0.15, 0.2) is 54.6 Å². The highest BCUT2D eigenvalue weighted by atomic mass is 16.5. The summed E-state index contributed by atoms with van der Waals surface area (Å²) in [4.78, 5) is 12.8. The number of ether oxygens (including phenoxy) is 1. The number of hydrogen-bond acceptors (Lipinski definition) is 5. The van der Waals surface area contributed by atoms with Gasteiger partial charge in [-0.3, -0.25) is 4.68 Å². The summed E-state index contributed by atoms with van der Waals surface area (Å²) in [5.74, 6) is 1.36. The first-order valence-electron chi connectivity index (χ1n) is 10.8. The maximum atomic E-state index is 6.27. The Morgan fingerprint density at radius 3 is 2.69 bits per heavy atom. The van der Waals surface area contributed by atoms with Crippen LogP contribution >= 0.6 is 0 Å². The Morgan fingerprint density at radius 2 is 1.91 bits per heavy atom. The molecule has 3 N–H and O–H groups in total. The molecule has 3 heterocycles. The SMILES string of the molecule is Cc1cc(-c2ccc3c(c2)nc(N)c2[nH]c(CCCOCc4ccccc4)nc23)n(C)n1. The Balaban J connectivity index is 1.34. The first kappa shape index (κ1) is 20.2. The first-order chi connectivity index (χ1) is 15.6. The minimum atomic E-state index is 0.463. The van der Waals surface area contributed by atoms with Gasteiger partial charge in [-0.15, -0.1) is 0 Å². The Labute approximate surface area is 186 Å². The van der Waals surface area contributed by atoms with Crippen molar-refractivity contribution in [3.8, 4) is 11.3 Å². The number of nitrogen functional groups attached to an aromatic ring is 1. The summed E-state index contributed by atoms with van der Waals surface area (Å²) >= 11 is 0. The van der Waals surface area contributed by atoms with Crippen molar-refractivity contribution in [1.29, 1.82) is 0 Å². The summed E-state index contributed by atoms with van der Waals surface area (Å²) in [6, 6.07) is 18.5. The highest BCUT2D eigenvalue weighted by molar-refractivity contribution is 6.07. The zero-order valence-electron chi connectivity index (χ0n) is 18.3. The molecular formula is C25H26N6O. The van der Waals surface area contributed by atoms with E-state index in [0.29, 0.717) is 19.0 Å². The number of nitrogens with two attached hydrogens (primary N) is 1. The van der Waals surface area contributed by atoms with Crippen molar-refractivity contribution >= 4 is 27.8 Å². The van der Waals surface area contributed by atoms with E-state index in [9.17, 15) is 0 Å².